The van der Waals surface area contributed by atoms with E-state index in [1.54, 1.807) is 0 Å². The molecule has 11 heteroatoms. The number of carboxylic acids is 2. The Balaban J connectivity index is 2.45. The standard InChI is InChI=1S/C16H9F3N2O5S/c17-16(18,19)7-4-27-8-2-1-5(3-6(7)8)9-10(14(23)24)12(20)21-13(22)11(9)15(25)26/h1-4H,(H,23,24)(H,25,26)(H3,20,21,22). The fourth-order valence-corrected chi connectivity index (χ4v) is 3.69. The van der Waals surface area contributed by atoms with Crippen LogP contribution in [-0.2, 0) is 6.18 Å². The van der Waals surface area contributed by atoms with Gasteiger partial charge in [-0.1, -0.05) is 6.07 Å². The third-order valence-corrected chi connectivity index (χ3v) is 4.80. The summed E-state index contributed by atoms with van der Waals surface area (Å²) in [6.45, 7) is 0. The Kier molecular flexibility index (Phi) is 4.19. The summed E-state index contributed by atoms with van der Waals surface area (Å²) < 4.78 is 39.8. The highest BCUT2D eigenvalue weighted by Gasteiger charge is 2.34. The Morgan fingerprint density at radius 3 is 2.30 bits per heavy atom. The highest BCUT2D eigenvalue weighted by molar-refractivity contribution is 7.17. The molecule has 0 aliphatic heterocycles. The van der Waals surface area contributed by atoms with Gasteiger partial charge in [-0.3, -0.25) is 4.79 Å². The first kappa shape index (κ1) is 18.5. The van der Waals surface area contributed by atoms with Crippen molar-refractivity contribution in [2.75, 3.05) is 5.73 Å². The van der Waals surface area contributed by atoms with E-state index in [2.05, 4.69) is 0 Å². The highest BCUT2D eigenvalue weighted by Crippen LogP contribution is 2.40. The zero-order valence-corrected chi connectivity index (χ0v) is 13.9. The van der Waals surface area contributed by atoms with Gasteiger partial charge in [-0.25, -0.2) is 9.59 Å². The smallest absolute Gasteiger partial charge is 0.417 e. The van der Waals surface area contributed by atoms with Crippen LogP contribution in [0.25, 0.3) is 21.2 Å². The minimum Gasteiger partial charge on any atom is -0.478 e. The first-order valence-electron chi connectivity index (χ1n) is 7.13. The summed E-state index contributed by atoms with van der Waals surface area (Å²) in [5.74, 6) is -3.98. The fraction of sp³-hybridized carbons (Fsp3) is 0.0625. The van der Waals surface area contributed by atoms with Gasteiger partial charge in [0, 0.05) is 21.0 Å². The Labute approximate surface area is 151 Å². The zero-order chi connectivity index (χ0) is 20.1. The number of benzene rings is 1. The van der Waals surface area contributed by atoms with E-state index < -0.39 is 51.7 Å². The molecule has 2 heterocycles. The third kappa shape index (κ3) is 3.01. The first-order valence-corrected chi connectivity index (χ1v) is 8.01. The van der Waals surface area contributed by atoms with Gasteiger partial charge >= 0.3 is 18.1 Å². The van der Waals surface area contributed by atoms with E-state index in [1.807, 2.05) is 4.98 Å². The SMILES string of the molecule is Nc1[nH]c(=O)c(C(=O)O)c(-c2ccc3scc(C(F)(F)F)c3c2)c1C(=O)O. The summed E-state index contributed by atoms with van der Waals surface area (Å²) in [5, 5.41) is 19.4. The lowest BCUT2D eigenvalue weighted by Gasteiger charge is -2.13. The molecule has 3 aromatic rings. The lowest BCUT2D eigenvalue weighted by atomic mass is 9.94. The molecule has 0 saturated heterocycles. The van der Waals surface area contributed by atoms with Crippen LogP contribution in [0.4, 0.5) is 19.0 Å². The van der Waals surface area contributed by atoms with Crippen LogP contribution in [0.3, 0.4) is 0 Å². The van der Waals surface area contributed by atoms with Gasteiger partial charge in [-0.15, -0.1) is 11.3 Å². The molecular formula is C16H9F3N2O5S. The minimum atomic E-state index is -4.66. The van der Waals surface area contributed by atoms with Crippen molar-refractivity contribution in [2.24, 2.45) is 0 Å². The minimum absolute atomic E-state index is 0.181. The molecule has 3 rings (SSSR count). The van der Waals surface area contributed by atoms with Crippen molar-refractivity contribution in [3.05, 3.63) is 50.6 Å². The molecule has 0 fully saturated rings. The van der Waals surface area contributed by atoms with Crippen LogP contribution < -0.4 is 11.3 Å². The van der Waals surface area contributed by atoms with Gasteiger partial charge in [0.25, 0.3) is 5.56 Å². The Morgan fingerprint density at radius 1 is 1.11 bits per heavy atom. The number of fused-ring (bicyclic) bond motifs is 1. The summed E-state index contributed by atoms with van der Waals surface area (Å²) in [7, 11) is 0. The van der Waals surface area contributed by atoms with E-state index in [1.165, 1.54) is 12.1 Å². The van der Waals surface area contributed by atoms with Crippen molar-refractivity contribution in [3.8, 4) is 11.1 Å². The van der Waals surface area contributed by atoms with Crippen LogP contribution in [0.5, 0.6) is 0 Å². The van der Waals surface area contributed by atoms with Crippen LogP contribution >= 0.6 is 11.3 Å². The summed E-state index contributed by atoms with van der Waals surface area (Å²) in [6.07, 6.45) is -4.66. The van der Waals surface area contributed by atoms with E-state index in [9.17, 15) is 37.8 Å². The number of carboxylic acid groups (broad SMARTS) is 2. The van der Waals surface area contributed by atoms with Crippen molar-refractivity contribution in [2.45, 2.75) is 6.18 Å². The molecule has 0 unspecified atom stereocenters. The number of hydrogen-bond donors (Lipinski definition) is 4. The number of nitrogens with one attached hydrogen (secondary N) is 1. The summed E-state index contributed by atoms with van der Waals surface area (Å²) >= 11 is 0.827. The van der Waals surface area contributed by atoms with Gasteiger partial charge in [0.15, 0.2) is 0 Å². The number of rotatable bonds is 3. The Hall–Kier alpha value is -3.34. The molecule has 0 aliphatic rings. The summed E-state index contributed by atoms with van der Waals surface area (Å²) in [4.78, 5) is 37.0. The normalized spacial score (nSPS) is 11.7. The lowest BCUT2D eigenvalue weighted by Crippen LogP contribution is -2.24. The van der Waals surface area contributed by atoms with Gasteiger partial charge in [-0.05, 0) is 17.7 Å². The van der Waals surface area contributed by atoms with Crippen LogP contribution in [0.15, 0.2) is 28.4 Å². The van der Waals surface area contributed by atoms with Crippen LogP contribution in [-0.4, -0.2) is 27.1 Å². The number of halogens is 3. The topological polar surface area (TPSA) is 133 Å². The maximum Gasteiger partial charge on any atom is 0.417 e. The monoisotopic (exact) mass is 398 g/mol. The molecule has 7 nitrogen and oxygen atoms in total. The summed E-state index contributed by atoms with van der Waals surface area (Å²) in [5.41, 5.74) is 1.02. The van der Waals surface area contributed by atoms with Crippen molar-refractivity contribution >= 4 is 39.2 Å². The number of nitrogen functional groups attached to an aromatic ring is 1. The average molecular weight is 398 g/mol. The number of nitrogens with two attached hydrogens (primary N) is 1. The molecule has 1 aromatic carbocycles. The molecule has 0 radical (unpaired) electrons. The molecule has 0 bridgehead atoms. The number of anilines is 1. The largest absolute Gasteiger partial charge is 0.478 e. The van der Waals surface area contributed by atoms with Gasteiger partial charge in [0.05, 0.1) is 5.56 Å². The van der Waals surface area contributed by atoms with E-state index >= 15 is 0 Å². The third-order valence-electron chi connectivity index (χ3n) is 3.84. The van der Waals surface area contributed by atoms with Crippen LogP contribution in [0.1, 0.15) is 26.3 Å². The Bertz CT molecular complexity index is 1160. The van der Waals surface area contributed by atoms with Crippen molar-refractivity contribution in [3.63, 3.8) is 0 Å². The predicted molar refractivity (Wildman–Crippen MR) is 91.2 cm³/mol. The molecule has 0 amide bonds. The quantitative estimate of drug-likeness (QED) is 0.535. The number of aromatic amines is 1. The molecular weight excluding hydrogens is 389 g/mol. The number of hydrogen-bond acceptors (Lipinski definition) is 5. The molecule has 0 saturated carbocycles. The van der Waals surface area contributed by atoms with E-state index in [4.69, 9.17) is 5.73 Å². The van der Waals surface area contributed by atoms with E-state index in [-0.39, 0.29) is 15.6 Å². The second-order valence-electron chi connectivity index (χ2n) is 5.46. The second-order valence-corrected chi connectivity index (χ2v) is 6.37. The van der Waals surface area contributed by atoms with E-state index in [0.29, 0.717) is 0 Å². The lowest BCUT2D eigenvalue weighted by molar-refractivity contribution is -0.136. The highest BCUT2D eigenvalue weighted by atomic mass is 32.1. The number of carbonyl (C=O) groups is 2. The maximum absolute atomic E-state index is 13.2. The molecule has 2 aromatic heterocycles. The van der Waals surface area contributed by atoms with Crippen LogP contribution in [0, 0.1) is 0 Å². The number of aromatic nitrogens is 1. The Morgan fingerprint density at radius 2 is 1.74 bits per heavy atom. The number of thiophene rings is 1. The van der Waals surface area contributed by atoms with E-state index in [0.717, 1.165) is 22.8 Å². The number of H-pyrrole nitrogens is 1. The van der Waals surface area contributed by atoms with Crippen molar-refractivity contribution in [1.82, 2.24) is 4.98 Å². The summed E-state index contributed by atoms with van der Waals surface area (Å²) in [6, 6.07) is 3.53. The van der Waals surface area contributed by atoms with Gasteiger partial charge in [0.2, 0.25) is 0 Å². The predicted octanol–water partition coefficient (Wildman–Crippen LogP) is 3.25. The van der Waals surface area contributed by atoms with Crippen molar-refractivity contribution in [1.29, 1.82) is 0 Å². The molecule has 27 heavy (non-hydrogen) atoms. The maximum atomic E-state index is 13.2. The molecule has 0 spiro atoms. The molecule has 0 atom stereocenters. The molecule has 5 N–H and O–H groups in total. The van der Waals surface area contributed by atoms with Gasteiger partial charge in [0.1, 0.15) is 16.9 Å². The number of pyridine rings is 1. The fourth-order valence-electron chi connectivity index (χ4n) is 2.74. The molecule has 140 valence electrons. The second kappa shape index (κ2) is 6.13. The van der Waals surface area contributed by atoms with Crippen molar-refractivity contribution < 1.29 is 33.0 Å². The van der Waals surface area contributed by atoms with Gasteiger partial charge < -0.3 is 20.9 Å². The number of aromatic carboxylic acids is 2. The molecule has 0 aliphatic carbocycles. The zero-order valence-electron chi connectivity index (χ0n) is 13.0. The van der Waals surface area contributed by atoms with Crippen LogP contribution in [0.2, 0.25) is 0 Å². The first-order chi connectivity index (χ1) is 12.5. The van der Waals surface area contributed by atoms with Gasteiger partial charge in [-0.2, -0.15) is 13.2 Å². The number of alkyl halides is 3. The average Bonchev–Trinajstić information content (AvgIpc) is 2.96.